The molecule has 116 valence electrons. The molecule has 3 rings (SSSR count). The van der Waals surface area contributed by atoms with Crippen molar-refractivity contribution in [3.05, 3.63) is 75.0 Å². The number of aryl methyl sites for hydroxylation is 1. The molecule has 5 nitrogen and oxygen atoms in total. The van der Waals surface area contributed by atoms with E-state index >= 15 is 0 Å². The lowest BCUT2D eigenvalue weighted by Gasteiger charge is -2.10. The lowest BCUT2D eigenvalue weighted by atomic mass is 10.1. The molecule has 0 saturated heterocycles. The van der Waals surface area contributed by atoms with Crippen LogP contribution in [0.2, 0.25) is 5.02 Å². The summed E-state index contributed by atoms with van der Waals surface area (Å²) in [4.78, 5) is 29.5. The van der Waals surface area contributed by atoms with Gasteiger partial charge in [0.15, 0.2) is 5.75 Å². The Bertz CT molecular complexity index is 932. The Morgan fingerprint density at radius 3 is 2.61 bits per heavy atom. The van der Waals surface area contributed by atoms with Crippen molar-refractivity contribution in [1.82, 2.24) is 4.73 Å². The Morgan fingerprint density at radius 2 is 1.91 bits per heavy atom. The SMILES string of the molecule is Cc1cc(Cl)ccc1On1c2cccccc-2c(C(=O)O)c1=O. The molecule has 1 N–H and O–H groups in total. The Hall–Kier alpha value is -2.79. The van der Waals surface area contributed by atoms with Gasteiger partial charge in [-0.05, 0) is 36.8 Å². The maximum atomic E-state index is 12.4. The van der Waals surface area contributed by atoms with Crippen LogP contribution < -0.4 is 10.4 Å². The van der Waals surface area contributed by atoms with Gasteiger partial charge in [0, 0.05) is 10.6 Å². The van der Waals surface area contributed by atoms with Gasteiger partial charge in [0.25, 0.3) is 5.56 Å². The van der Waals surface area contributed by atoms with Crippen molar-refractivity contribution in [1.29, 1.82) is 0 Å². The molecule has 0 amide bonds. The number of hydrogen-bond donors (Lipinski definition) is 1. The predicted molar refractivity (Wildman–Crippen MR) is 86.5 cm³/mol. The van der Waals surface area contributed by atoms with E-state index in [1.807, 2.05) is 0 Å². The molecule has 2 aliphatic rings. The van der Waals surface area contributed by atoms with Gasteiger partial charge in [-0.3, -0.25) is 4.79 Å². The molecule has 1 heterocycles. The lowest BCUT2D eigenvalue weighted by molar-refractivity contribution is 0.0694. The fraction of sp³-hybridized carbons (Fsp3) is 0.0588. The van der Waals surface area contributed by atoms with E-state index in [2.05, 4.69) is 0 Å². The van der Waals surface area contributed by atoms with Crippen molar-refractivity contribution >= 4 is 17.6 Å². The molecule has 1 aliphatic carbocycles. The minimum Gasteiger partial charge on any atom is -0.477 e. The number of nitrogens with zero attached hydrogens (tertiary/aromatic N) is 1. The van der Waals surface area contributed by atoms with Gasteiger partial charge in [0.05, 0.1) is 5.69 Å². The Morgan fingerprint density at radius 1 is 1.17 bits per heavy atom. The molecule has 0 atom stereocenters. The number of carboxylic acids is 1. The third-order valence-corrected chi connectivity index (χ3v) is 3.68. The van der Waals surface area contributed by atoms with Gasteiger partial charge in [-0.1, -0.05) is 35.9 Å². The van der Waals surface area contributed by atoms with E-state index in [9.17, 15) is 14.7 Å². The maximum absolute atomic E-state index is 12.4. The molecule has 1 aliphatic heterocycles. The van der Waals surface area contributed by atoms with Crippen LogP contribution in [0.4, 0.5) is 0 Å². The van der Waals surface area contributed by atoms with Crippen molar-refractivity contribution in [2.75, 3.05) is 0 Å². The van der Waals surface area contributed by atoms with Gasteiger partial charge < -0.3 is 9.94 Å². The van der Waals surface area contributed by atoms with E-state index in [4.69, 9.17) is 16.4 Å². The quantitative estimate of drug-likeness (QED) is 0.799. The third kappa shape index (κ3) is 2.66. The average molecular weight is 330 g/mol. The van der Waals surface area contributed by atoms with Crippen molar-refractivity contribution in [3.8, 4) is 17.0 Å². The van der Waals surface area contributed by atoms with Gasteiger partial charge in [0.2, 0.25) is 0 Å². The predicted octanol–water partition coefficient (Wildman–Crippen LogP) is 3.46. The van der Waals surface area contributed by atoms with E-state index < -0.39 is 11.5 Å². The zero-order valence-corrected chi connectivity index (χ0v) is 12.9. The van der Waals surface area contributed by atoms with Crippen molar-refractivity contribution < 1.29 is 14.7 Å². The minimum atomic E-state index is -1.29. The summed E-state index contributed by atoms with van der Waals surface area (Å²) in [5, 5.41) is 9.88. The molecule has 0 fully saturated rings. The molecule has 0 radical (unpaired) electrons. The van der Waals surface area contributed by atoms with Crippen LogP contribution in [-0.4, -0.2) is 15.8 Å². The van der Waals surface area contributed by atoms with Crippen LogP contribution in [0.25, 0.3) is 11.3 Å². The van der Waals surface area contributed by atoms with Crippen molar-refractivity contribution in [2.45, 2.75) is 6.92 Å². The molecule has 0 spiro atoms. The van der Waals surface area contributed by atoms with E-state index in [0.29, 0.717) is 22.0 Å². The number of hydrogen-bond acceptors (Lipinski definition) is 3. The fourth-order valence-electron chi connectivity index (χ4n) is 2.36. The molecular formula is C17H12ClNO4. The first kappa shape index (κ1) is 15.1. The molecule has 0 unspecified atom stereocenters. The number of aromatic nitrogens is 1. The first-order valence-corrected chi connectivity index (χ1v) is 7.18. The van der Waals surface area contributed by atoms with E-state index in [1.165, 1.54) is 0 Å². The van der Waals surface area contributed by atoms with Gasteiger partial charge in [-0.25, -0.2) is 4.79 Å². The molecule has 0 bridgehead atoms. The summed E-state index contributed by atoms with van der Waals surface area (Å²) in [6, 6.07) is 13.3. The summed E-state index contributed by atoms with van der Waals surface area (Å²) >= 11 is 5.91. The fourth-order valence-corrected chi connectivity index (χ4v) is 2.59. The van der Waals surface area contributed by atoms with Crippen LogP contribution in [-0.2, 0) is 0 Å². The average Bonchev–Trinajstić information content (AvgIpc) is 2.64. The normalized spacial score (nSPS) is 10.7. The smallest absolute Gasteiger partial charge is 0.342 e. The van der Waals surface area contributed by atoms with E-state index in [1.54, 1.807) is 55.5 Å². The van der Waals surface area contributed by atoms with E-state index in [0.717, 1.165) is 10.3 Å². The second kappa shape index (κ2) is 5.78. The van der Waals surface area contributed by atoms with Crippen LogP contribution in [0.1, 0.15) is 15.9 Å². The molecule has 0 saturated carbocycles. The zero-order chi connectivity index (χ0) is 16.6. The second-order valence-corrected chi connectivity index (χ2v) is 5.43. The summed E-state index contributed by atoms with van der Waals surface area (Å²) in [6.45, 7) is 1.79. The van der Waals surface area contributed by atoms with Gasteiger partial charge in [0.1, 0.15) is 5.56 Å². The molecular weight excluding hydrogens is 318 g/mol. The zero-order valence-electron chi connectivity index (χ0n) is 12.1. The first-order valence-electron chi connectivity index (χ1n) is 6.80. The van der Waals surface area contributed by atoms with Gasteiger partial charge in [-0.2, -0.15) is 0 Å². The van der Waals surface area contributed by atoms with Crippen molar-refractivity contribution in [2.24, 2.45) is 0 Å². The number of fused-ring (bicyclic) bond motifs is 1. The van der Waals surface area contributed by atoms with Gasteiger partial charge in [-0.15, -0.1) is 4.73 Å². The van der Waals surface area contributed by atoms with Crippen LogP contribution >= 0.6 is 11.6 Å². The molecule has 0 aromatic heterocycles. The number of carboxylic acid groups (broad SMARTS) is 1. The standard InChI is InChI=1S/C17H12ClNO4/c1-10-9-11(18)7-8-14(10)23-19-13-6-4-2-3-5-12(13)15(16(19)20)17(21)22/h2-9H,1H3,(H,21,22). The Balaban J connectivity index is 2.21. The van der Waals surface area contributed by atoms with E-state index in [-0.39, 0.29) is 5.56 Å². The summed E-state index contributed by atoms with van der Waals surface area (Å²) in [7, 11) is 0. The highest BCUT2D eigenvalue weighted by Crippen LogP contribution is 2.27. The number of carbonyl (C=O) groups is 1. The largest absolute Gasteiger partial charge is 0.477 e. The molecule has 23 heavy (non-hydrogen) atoms. The summed E-state index contributed by atoms with van der Waals surface area (Å²) < 4.78 is 0.995. The molecule has 1 aromatic rings. The number of rotatable bonds is 3. The third-order valence-electron chi connectivity index (χ3n) is 3.44. The van der Waals surface area contributed by atoms with Crippen LogP contribution in [0.5, 0.6) is 5.75 Å². The van der Waals surface area contributed by atoms with Gasteiger partial charge >= 0.3 is 5.97 Å². The van der Waals surface area contributed by atoms with Crippen LogP contribution in [0, 0.1) is 6.92 Å². The number of aromatic carboxylic acids is 1. The summed E-state index contributed by atoms with van der Waals surface area (Å²) in [5.41, 5.74) is 0.401. The monoisotopic (exact) mass is 329 g/mol. The number of benzene rings is 1. The molecule has 1 aromatic carbocycles. The summed E-state index contributed by atoms with van der Waals surface area (Å²) in [6.07, 6.45) is 0. The summed E-state index contributed by atoms with van der Waals surface area (Å²) in [5.74, 6) is -0.867. The topological polar surface area (TPSA) is 68.5 Å². The van der Waals surface area contributed by atoms with Crippen LogP contribution in [0.15, 0.2) is 53.3 Å². The second-order valence-electron chi connectivity index (χ2n) is 4.99. The maximum Gasteiger partial charge on any atom is 0.342 e. The van der Waals surface area contributed by atoms with Crippen molar-refractivity contribution in [3.63, 3.8) is 0 Å². The lowest BCUT2D eigenvalue weighted by Crippen LogP contribution is -2.24. The minimum absolute atomic E-state index is 0.317. The van der Waals surface area contributed by atoms with Crippen LogP contribution in [0.3, 0.4) is 0 Å². The Kier molecular flexibility index (Phi) is 3.80. The highest BCUT2D eigenvalue weighted by molar-refractivity contribution is 6.30. The first-order chi connectivity index (χ1) is 11.0. The highest BCUT2D eigenvalue weighted by atomic mass is 35.5. The molecule has 6 heteroatoms. The Labute approximate surface area is 136 Å². The highest BCUT2D eigenvalue weighted by Gasteiger charge is 2.26. The number of halogens is 1.